The number of ether oxygens (including phenoxy) is 1. The molecule has 2 atom stereocenters. The van der Waals surface area contributed by atoms with Crippen LogP contribution < -0.4 is 10.9 Å². The van der Waals surface area contributed by atoms with Gasteiger partial charge in [-0.1, -0.05) is 0 Å². The summed E-state index contributed by atoms with van der Waals surface area (Å²) in [5.41, 5.74) is 0.435. The van der Waals surface area contributed by atoms with Crippen LogP contribution in [0, 0.1) is 4.77 Å². The van der Waals surface area contributed by atoms with Crippen molar-refractivity contribution >= 4 is 12.2 Å². The molecule has 3 N–H and O–H groups in total. The van der Waals surface area contributed by atoms with Gasteiger partial charge in [0.05, 0.1) is 12.7 Å². The third-order valence-corrected chi connectivity index (χ3v) is 3.32. The maximum atomic E-state index is 11.7. The summed E-state index contributed by atoms with van der Waals surface area (Å²) in [6, 6.07) is 0. The molecule has 0 amide bonds. The van der Waals surface area contributed by atoms with Crippen LogP contribution in [0.3, 0.4) is 0 Å². The number of nitrogens with one attached hydrogen (secondary N) is 2. The van der Waals surface area contributed by atoms with E-state index in [1.54, 1.807) is 17.8 Å². The van der Waals surface area contributed by atoms with E-state index in [1.165, 1.54) is 0 Å². The number of aromatic nitrogens is 2. The van der Waals surface area contributed by atoms with Crippen LogP contribution in [-0.2, 0) is 11.3 Å². The molecule has 1 saturated heterocycles. The van der Waals surface area contributed by atoms with Gasteiger partial charge in [-0.15, -0.1) is 0 Å². The van der Waals surface area contributed by atoms with Crippen LogP contribution in [0.25, 0.3) is 0 Å². The summed E-state index contributed by atoms with van der Waals surface area (Å²) < 4.78 is 7.75. The summed E-state index contributed by atoms with van der Waals surface area (Å²) in [6.45, 7) is 0.484. The van der Waals surface area contributed by atoms with Gasteiger partial charge >= 0.3 is 0 Å². The average molecular weight is 271 g/mol. The number of nitrogens with zero attached hydrogens (tertiary/aromatic N) is 1. The maximum absolute atomic E-state index is 11.7. The monoisotopic (exact) mass is 271 g/mol. The minimum atomic E-state index is -0.206. The van der Waals surface area contributed by atoms with Crippen LogP contribution in [0.2, 0.25) is 0 Å². The van der Waals surface area contributed by atoms with Gasteiger partial charge in [0.2, 0.25) is 0 Å². The highest BCUT2D eigenvalue weighted by atomic mass is 32.1. The van der Waals surface area contributed by atoms with Crippen molar-refractivity contribution in [2.24, 2.45) is 0 Å². The molecule has 0 aromatic carbocycles. The number of aromatic amines is 1. The molecule has 7 heteroatoms. The minimum Gasteiger partial charge on any atom is -0.394 e. The highest BCUT2D eigenvalue weighted by molar-refractivity contribution is 7.71. The van der Waals surface area contributed by atoms with E-state index in [0.717, 1.165) is 12.8 Å². The fourth-order valence-electron chi connectivity index (χ4n) is 2.08. The van der Waals surface area contributed by atoms with E-state index in [1.807, 2.05) is 0 Å². The van der Waals surface area contributed by atoms with E-state index in [2.05, 4.69) is 10.3 Å². The second kappa shape index (κ2) is 5.75. The Hall–Kier alpha value is -1.02. The first kappa shape index (κ1) is 13.4. The number of rotatable bonds is 4. The van der Waals surface area contributed by atoms with Crippen LogP contribution in [-0.4, -0.2) is 34.4 Å². The number of aliphatic hydroxyl groups excluding tert-OH is 1. The first-order valence-corrected chi connectivity index (χ1v) is 6.31. The number of hydrogen-bond acceptors (Lipinski definition) is 5. The van der Waals surface area contributed by atoms with Gasteiger partial charge in [-0.3, -0.25) is 14.3 Å². The van der Waals surface area contributed by atoms with Crippen LogP contribution in [0.5, 0.6) is 0 Å². The Kier molecular flexibility index (Phi) is 4.28. The summed E-state index contributed by atoms with van der Waals surface area (Å²) >= 11 is 5.14. The highest BCUT2D eigenvalue weighted by Crippen LogP contribution is 2.27. The van der Waals surface area contributed by atoms with E-state index >= 15 is 0 Å². The van der Waals surface area contributed by atoms with E-state index in [9.17, 15) is 4.79 Å². The zero-order chi connectivity index (χ0) is 13.1. The second-order valence-electron chi connectivity index (χ2n) is 4.32. The van der Waals surface area contributed by atoms with Gasteiger partial charge in [0, 0.05) is 18.3 Å². The Morgan fingerprint density at radius 3 is 3.06 bits per heavy atom. The Morgan fingerprint density at radius 1 is 1.67 bits per heavy atom. The lowest BCUT2D eigenvalue weighted by Gasteiger charge is -2.16. The molecule has 2 unspecified atom stereocenters. The smallest absolute Gasteiger partial charge is 0.256 e. The SMILES string of the molecule is CNCc1cn(C2CCC(CO)O2)c(=S)[nH]c1=O. The third kappa shape index (κ3) is 2.69. The Bertz CT molecular complexity index is 525. The molecule has 6 nitrogen and oxygen atoms in total. The van der Waals surface area contributed by atoms with Gasteiger partial charge in [-0.05, 0) is 32.1 Å². The van der Waals surface area contributed by atoms with Crippen molar-refractivity contribution in [3.63, 3.8) is 0 Å². The molecule has 1 aromatic rings. The predicted molar refractivity (Wildman–Crippen MR) is 68.9 cm³/mol. The minimum absolute atomic E-state index is 0.0105. The summed E-state index contributed by atoms with van der Waals surface area (Å²) in [6.07, 6.45) is 2.95. The molecular formula is C11H17N3O3S. The van der Waals surface area contributed by atoms with Crippen molar-refractivity contribution in [2.75, 3.05) is 13.7 Å². The fraction of sp³-hybridized carbons (Fsp3) is 0.636. The average Bonchev–Trinajstić information content (AvgIpc) is 2.81. The first-order valence-electron chi connectivity index (χ1n) is 5.91. The van der Waals surface area contributed by atoms with Crippen molar-refractivity contribution in [1.82, 2.24) is 14.9 Å². The molecule has 18 heavy (non-hydrogen) atoms. The Morgan fingerprint density at radius 2 is 2.44 bits per heavy atom. The largest absolute Gasteiger partial charge is 0.394 e. The quantitative estimate of drug-likeness (QED) is 0.686. The van der Waals surface area contributed by atoms with Crippen molar-refractivity contribution in [3.05, 3.63) is 26.9 Å². The van der Waals surface area contributed by atoms with Gasteiger partial charge in [0.15, 0.2) is 4.77 Å². The predicted octanol–water partition coefficient (Wildman–Crippen LogP) is 0.295. The fourth-order valence-corrected chi connectivity index (χ4v) is 2.35. The Labute approximate surface area is 110 Å². The van der Waals surface area contributed by atoms with Gasteiger partial charge < -0.3 is 15.2 Å². The number of H-pyrrole nitrogens is 1. The van der Waals surface area contributed by atoms with Crippen molar-refractivity contribution in [1.29, 1.82) is 0 Å². The van der Waals surface area contributed by atoms with Crippen LogP contribution in [0.1, 0.15) is 24.6 Å². The molecule has 1 aliphatic rings. The highest BCUT2D eigenvalue weighted by Gasteiger charge is 2.26. The van der Waals surface area contributed by atoms with E-state index in [-0.39, 0.29) is 24.5 Å². The zero-order valence-corrected chi connectivity index (χ0v) is 11.0. The normalized spacial score (nSPS) is 23.4. The van der Waals surface area contributed by atoms with Crippen molar-refractivity contribution < 1.29 is 9.84 Å². The van der Waals surface area contributed by atoms with Crippen molar-refractivity contribution in [3.8, 4) is 0 Å². The van der Waals surface area contributed by atoms with Crippen LogP contribution >= 0.6 is 12.2 Å². The molecule has 0 bridgehead atoms. The summed E-state index contributed by atoms with van der Waals surface area (Å²) in [5.74, 6) is 0. The number of hydrogen-bond donors (Lipinski definition) is 3. The van der Waals surface area contributed by atoms with Crippen LogP contribution in [0.4, 0.5) is 0 Å². The molecule has 0 radical (unpaired) electrons. The lowest BCUT2D eigenvalue weighted by Crippen LogP contribution is -2.24. The standard InChI is InChI=1S/C11H17N3O3S/c1-12-4-7-5-14(11(18)13-10(7)16)9-3-2-8(6-15)17-9/h5,8-9,12,15H,2-4,6H2,1H3,(H,13,16,18). The maximum Gasteiger partial charge on any atom is 0.256 e. The third-order valence-electron chi connectivity index (χ3n) is 3.01. The molecule has 100 valence electrons. The first-order chi connectivity index (χ1) is 8.65. The number of aliphatic hydroxyl groups is 1. The topological polar surface area (TPSA) is 79.3 Å². The lowest BCUT2D eigenvalue weighted by atomic mass is 10.2. The molecular weight excluding hydrogens is 254 g/mol. The summed E-state index contributed by atoms with van der Waals surface area (Å²) in [7, 11) is 1.78. The van der Waals surface area contributed by atoms with Crippen molar-refractivity contribution in [2.45, 2.75) is 31.7 Å². The summed E-state index contributed by atoms with van der Waals surface area (Å²) in [5, 5.41) is 12.0. The van der Waals surface area contributed by atoms with Gasteiger partial charge in [0.1, 0.15) is 6.23 Å². The molecule has 0 saturated carbocycles. The van der Waals surface area contributed by atoms with Gasteiger partial charge in [-0.2, -0.15) is 0 Å². The molecule has 1 fully saturated rings. The molecule has 0 spiro atoms. The van der Waals surface area contributed by atoms with E-state index < -0.39 is 0 Å². The zero-order valence-electron chi connectivity index (χ0n) is 10.2. The Balaban J connectivity index is 2.30. The second-order valence-corrected chi connectivity index (χ2v) is 4.71. The lowest BCUT2D eigenvalue weighted by molar-refractivity contribution is -0.0238. The van der Waals surface area contributed by atoms with Crippen LogP contribution in [0.15, 0.2) is 11.0 Å². The summed E-state index contributed by atoms with van der Waals surface area (Å²) in [4.78, 5) is 14.3. The van der Waals surface area contributed by atoms with E-state index in [0.29, 0.717) is 16.9 Å². The molecule has 2 heterocycles. The molecule has 2 rings (SSSR count). The van der Waals surface area contributed by atoms with Gasteiger partial charge in [-0.25, -0.2) is 0 Å². The van der Waals surface area contributed by atoms with Gasteiger partial charge in [0.25, 0.3) is 5.56 Å². The van der Waals surface area contributed by atoms with E-state index in [4.69, 9.17) is 22.1 Å². The molecule has 0 aliphatic carbocycles. The molecule has 1 aromatic heterocycles. The molecule has 1 aliphatic heterocycles.